The Morgan fingerprint density at radius 2 is 1.81 bits per heavy atom. The van der Waals surface area contributed by atoms with Crippen LogP contribution in [0.3, 0.4) is 0 Å². The maximum Gasteiger partial charge on any atom is 0.407 e. The quantitative estimate of drug-likeness (QED) is 0.308. The van der Waals surface area contributed by atoms with Crippen molar-refractivity contribution >= 4 is 39.8 Å². The van der Waals surface area contributed by atoms with E-state index in [1.807, 2.05) is 48.5 Å². The average Bonchev–Trinajstić information content (AvgIpc) is 3.23. The highest BCUT2D eigenvalue weighted by molar-refractivity contribution is 6.06. The predicted octanol–water partition coefficient (Wildman–Crippen LogP) is 3.95. The minimum atomic E-state index is -1.04. The summed E-state index contributed by atoms with van der Waals surface area (Å²) in [6.45, 7) is 8.47. The minimum absolute atomic E-state index is 0.180. The van der Waals surface area contributed by atoms with E-state index in [1.54, 1.807) is 6.92 Å². The molecule has 2 heterocycles. The smallest absolute Gasteiger partial charge is 0.407 e. The van der Waals surface area contributed by atoms with Crippen LogP contribution in [0.1, 0.15) is 30.8 Å². The number of hydrogen-bond donors (Lipinski definition) is 3. The van der Waals surface area contributed by atoms with E-state index in [2.05, 4.69) is 28.4 Å². The summed E-state index contributed by atoms with van der Waals surface area (Å²) in [5, 5.41) is 13.2. The topological polar surface area (TPSA) is 126 Å². The number of nitrogens with two attached hydrogens (primary N) is 1. The lowest BCUT2D eigenvalue weighted by Crippen LogP contribution is -2.37. The van der Waals surface area contributed by atoms with Gasteiger partial charge in [-0.1, -0.05) is 56.0 Å². The number of nitrogens with zero attached hydrogens (tertiary/aromatic N) is 4. The molecule has 4 N–H and O–H groups in total. The normalized spacial score (nSPS) is 11.1. The number of carbonyl (C=O) groups excluding carboxylic acids is 1. The molecule has 0 aliphatic carbocycles. The number of pyridine rings is 1. The van der Waals surface area contributed by atoms with E-state index in [9.17, 15) is 14.7 Å². The van der Waals surface area contributed by atoms with Crippen molar-refractivity contribution in [2.75, 3.05) is 18.8 Å². The molecule has 0 atom stereocenters. The minimum Gasteiger partial charge on any atom is -0.465 e. The molecule has 0 aliphatic heterocycles. The summed E-state index contributed by atoms with van der Waals surface area (Å²) in [4.78, 5) is 33.9. The zero-order chi connectivity index (χ0) is 25.8. The highest BCUT2D eigenvalue weighted by Crippen LogP contribution is 2.29. The summed E-state index contributed by atoms with van der Waals surface area (Å²) in [5.41, 5.74) is 11.0. The number of anilines is 1. The van der Waals surface area contributed by atoms with Crippen LogP contribution < -0.4 is 11.1 Å². The van der Waals surface area contributed by atoms with Crippen molar-refractivity contribution in [3.63, 3.8) is 0 Å². The molecule has 9 nitrogen and oxygen atoms in total. The lowest BCUT2D eigenvalue weighted by atomic mass is 10.1. The Hall–Kier alpha value is -4.40. The van der Waals surface area contributed by atoms with Crippen LogP contribution in [-0.2, 0) is 24.3 Å². The van der Waals surface area contributed by atoms with E-state index in [-0.39, 0.29) is 25.5 Å². The number of carbonyl (C=O) groups is 2. The molecule has 0 saturated heterocycles. The molecule has 0 saturated carbocycles. The number of aromatic nitrogens is 3. The SMILES string of the molecule is C=C(C)C(=O)NCCN(Cc1ccc(Cn2c(CC)nc3c(N)nc4ccccc4c32)cc1)C(=O)O. The largest absolute Gasteiger partial charge is 0.465 e. The van der Waals surface area contributed by atoms with Gasteiger partial charge in [-0.3, -0.25) is 4.79 Å². The van der Waals surface area contributed by atoms with Crippen LogP contribution in [0.2, 0.25) is 0 Å². The molecule has 2 aromatic heterocycles. The van der Waals surface area contributed by atoms with Gasteiger partial charge in [-0.15, -0.1) is 0 Å². The first kappa shape index (κ1) is 24.7. The Bertz CT molecular complexity index is 1440. The molecule has 4 rings (SSSR count). The van der Waals surface area contributed by atoms with Gasteiger partial charge >= 0.3 is 6.09 Å². The van der Waals surface area contributed by atoms with Gasteiger partial charge in [0, 0.05) is 43.6 Å². The summed E-state index contributed by atoms with van der Waals surface area (Å²) in [6.07, 6.45) is -0.296. The molecule has 0 aliphatic rings. The lowest BCUT2D eigenvalue weighted by Gasteiger charge is -2.20. The first-order chi connectivity index (χ1) is 17.3. The van der Waals surface area contributed by atoms with Gasteiger partial charge in [0.05, 0.1) is 11.0 Å². The highest BCUT2D eigenvalue weighted by Gasteiger charge is 2.17. The second kappa shape index (κ2) is 10.5. The van der Waals surface area contributed by atoms with Gasteiger partial charge in [0.15, 0.2) is 5.82 Å². The van der Waals surface area contributed by atoms with E-state index in [1.165, 1.54) is 4.90 Å². The van der Waals surface area contributed by atoms with E-state index in [4.69, 9.17) is 10.7 Å². The number of rotatable bonds is 9. The number of aryl methyl sites for hydroxylation is 1. The Morgan fingerprint density at radius 1 is 1.11 bits per heavy atom. The van der Waals surface area contributed by atoms with Gasteiger partial charge in [-0.25, -0.2) is 14.8 Å². The van der Waals surface area contributed by atoms with Crippen LogP contribution in [0.25, 0.3) is 21.9 Å². The molecular formula is C27H30N6O3. The molecule has 0 spiro atoms. The summed E-state index contributed by atoms with van der Waals surface area (Å²) >= 11 is 0. The number of imidazole rings is 1. The number of nitrogen functional groups attached to an aromatic ring is 1. The molecule has 9 heteroatoms. The summed E-state index contributed by atoms with van der Waals surface area (Å²) < 4.78 is 2.18. The number of amides is 2. The van der Waals surface area contributed by atoms with Crippen LogP contribution in [0.15, 0.2) is 60.7 Å². The van der Waals surface area contributed by atoms with Gasteiger partial charge < -0.3 is 25.6 Å². The summed E-state index contributed by atoms with van der Waals surface area (Å²) in [7, 11) is 0. The van der Waals surface area contributed by atoms with Crippen molar-refractivity contribution in [1.29, 1.82) is 0 Å². The number of fused-ring (bicyclic) bond motifs is 3. The Morgan fingerprint density at radius 3 is 2.47 bits per heavy atom. The van der Waals surface area contributed by atoms with E-state index >= 15 is 0 Å². The molecule has 0 fully saturated rings. The van der Waals surface area contributed by atoms with Crippen molar-refractivity contribution in [1.82, 2.24) is 24.8 Å². The number of benzene rings is 2. The second-order valence-electron chi connectivity index (χ2n) is 8.74. The van der Waals surface area contributed by atoms with Gasteiger partial charge in [0.1, 0.15) is 11.3 Å². The second-order valence-corrected chi connectivity index (χ2v) is 8.74. The van der Waals surface area contributed by atoms with Crippen molar-refractivity contribution in [3.05, 3.63) is 77.6 Å². The fourth-order valence-corrected chi connectivity index (χ4v) is 4.20. The van der Waals surface area contributed by atoms with Crippen LogP contribution in [0.4, 0.5) is 10.6 Å². The van der Waals surface area contributed by atoms with Crippen LogP contribution in [-0.4, -0.2) is 49.6 Å². The Labute approximate surface area is 209 Å². The fraction of sp³-hybridized carbons (Fsp3) is 0.259. The van der Waals surface area contributed by atoms with Gasteiger partial charge in [0.2, 0.25) is 5.91 Å². The Kier molecular flexibility index (Phi) is 7.19. The number of carboxylic acid groups (broad SMARTS) is 1. The summed E-state index contributed by atoms with van der Waals surface area (Å²) in [5.74, 6) is 1.06. The summed E-state index contributed by atoms with van der Waals surface area (Å²) in [6, 6.07) is 15.7. The molecule has 186 valence electrons. The lowest BCUT2D eigenvalue weighted by molar-refractivity contribution is -0.117. The Balaban J connectivity index is 1.54. The van der Waals surface area contributed by atoms with E-state index in [0.717, 1.165) is 39.8 Å². The van der Waals surface area contributed by atoms with Crippen molar-refractivity contribution in [3.8, 4) is 0 Å². The molecule has 0 unspecified atom stereocenters. The zero-order valence-corrected chi connectivity index (χ0v) is 20.5. The predicted molar refractivity (Wildman–Crippen MR) is 141 cm³/mol. The molecule has 2 amide bonds. The van der Waals surface area contributed by atoms with Crippen LogP contribution in [0, 0.1) is 0 Å². The van der Waals surface area contributed by atoms with Crippen molar-refractivity contribution in [2.45, 2.75) is 33.4 Å². The molecular weight excluding hydrogens is 456 g/mol. The fourth-order valence-electron chi connectivity index (χ4n) is 4.20. The third kappa shape index (κ3) is 5.14. The van der Waals surface area contributed by atoms with E-state index < -0.39 is 6.09 Å². The number of nitrogens with one attached hydrogen (secondary N) is 1. The first-order valence-corrected chi connectivity index (χ1v) is 11.8. The van der Waals surface area contributed by atoms with Crippen molar-refractivity contribution in [2.24, 2.45) is 0 Å². The highest BCUT2D eigenvalue weighted by atomic mass is 16.4. The molecule has 0 bridgehead atoms. The van der Waals surface area contributed by atoms with E-state index in [0.29, 0.717) is 23.5 Å². The third-order valence-electron chi connectivity index (χ3n) is 6.07. The third-order valence-corrected chi connectivity index (χ3v) is 6.07. The first-order valence-electron chi connectivity index (χ1n) is 11.8. The molecule has 2 aromatic carbocycles. The monoisotopic (exact) mass is 486 g/mol. The maximum absolute atomic E-state index is 11.7. The van der Waals surface area contributed by atoms with Gasteiger partial charge in [0.25, 0.3) is 0 Å². The average molecular weight is 487 g/mol. The number of hydrogen-bond acceptors (Lipinski definition) is 5. The van der Waals surface area contributed by atoms with Crippen molar-refractivity contribution < 1.29 is 14.7 Å². The molecule has 4 aromatic rings. The van der Waals surface area contributed by atoms with Gasteiger partial charge in [-0.05, 0) is 24.1 Å². The zero-order valence-electron chi connectivity index (χ0n) is 20.5. The molecule has 0 radical (unpaired) electrons. The molecule has 36 heavy (non-hydrogen) atoms. The number of para-hydroxylation sites is 1. The van der Waals surface area contributed by atoms with Gasteiger partial charge in [-0.2, -0.15) is 0 Å². The van der Waals surface area contributed by atoms with Crippen LogP contribution >= 0.6 is 0 Å². The van der Waals surface area contributed by atoms with Crippen LogP contribution in [0.5, 0.6) is 0 Å². The maximum atomic E-state index is 11.7. The standard InChI is InChI=1S/C27H30N6O3/c1-4-22-31-23-24(20-7-5-6-8-21(20)30-25(23)28)33(22)16-19-11-9-18(10-12-19)15-32(27(35)36)14-13-29-26(34)17(2)3/h5-12H,2,4,13-16H2,1,3H3,(H2,28,30)(H,29,34)(H,35,36).